The van der Waals surface area contributed by atoms with Crippen LogP contribution < -0.4 is 10.1 Å². The summed E-state index contributed by atoms with van der Waals surface area (Å²) in [6, 6.07) is 4.41. The maximum atomic E-state index is 12.9. The van der Waals surface area contributed by atoms with Crippen molar-refractivity contribution < 1.29 is 32.3 Å². The van der Waals surface area contributed by atoms with Crippen LogP contribution in [0.15, 0.2) is 28.9 Å². The van der Waals surface area contributed by atoms with E-state index in [-0.39, 0.29) is 17.0 Å². The van der Waals surface area contributed by atoms with Gasteiger partial charge < -0.3 is 19.7 Å². The minimum absolute atomic E-state index is 0.0191. The van der Waals surface area contributed by atoms with Gasteiger partial charge in [0.1, 0.15) is 17.6 Å². The highest BCUT2D eigenvalue weighted by Gasteiger charge is 2.35. The molecule has 0 aliphatic rings. The topological polar surface area (TPSA) is 108 Å². The molecule has 0 saturated carbocycles. The first-order valence-corrected chi connectivity index (χ1v) is 7.24. The number of rotatable bonds is 5. The highest BCUT2D eigenvalue weighted by Crippen LogP contribution is 2.37. The van der Waals surface area contributed by atoms with E-state index in [1.807, 2.05) is 0 Å². The van der Waals surface area contributed by atoms with Gasteiger partial charge in [0, 0.05) is 17.3 Å². The largest absolute Gasteiger partial charge is 0.496 e. The average Bonchev–Trinajstić information content (AvgIpc) is 3.00. The van der Waals surface area contributed by atoms with Crippen molar-refractivity contribution in [3.8, 4) is 11.8 Å². The van der Waals surface area contributed by atoms with Crippen molar-refractivity contribution in [3.05, 3.63) is 41.3 Å². The van der Waals surface area contributed by atoms with Gasteiger partial charge in [0.2, 0.25) is 5.91 Å². The third-order valence-corrected chi connectivity index (χ3v) is 3.62. The van der Waals surface area contributed by atoms with E-state index >= 15 is 0 Å². The van der Waals surface area contributed by atoms with Crippen molar-refractivity contribution >= 4 is 11.6 Å². The van der Waals surface area contributed by atoms with Gasteiger partial charge >= 0.3 is 6.18 Å². The maximum absolute atomic E-state index is 12.9. The smallest absolute Gasteiger partial charge is 0.419 e. The molecule has 2 unspecified atom stereocenters. The first-order chi connectivity index (χ1) is 12.2. The summed E-state index contributed by atoms with van der Waals surface area (Å²) >= 11 is 0. The fourth-order valence-corrected chi connectivity index (χ4v) is 2.27. The third kappa shape index (κ3) is 3.94. The Bertz CT molecular complexity index is 842. The van der Waals surface area contributed by atoms with E-state index in [2.05, 4.69) is 10.5 Å². The molecule has 2 N–H and O–H groups in total. The number of aromatic nitrogens is 1. The number of ether oxygens (including phenoxy) is 1. The van der Waals surface area contributed by atoms with Crippen LogP contribution in [-0.4, -0.2) is 23.3 Å². The quantitative estimate of drug-likeness (QED) is 0.839. The Morgan fingerprint density at radius 3 is 2.65 bits per heavy atom. The Morgan fingerprint density at radius 1 is 1.46 bits per heavy atom. The SMILES string of the molecule is COc1cc(NC(=O)C(C#N)C(O)c2cnoc2C)ccc1C(F)(F)F. The molecule has 138 valence electrons. The van der Waals surface area contributed by atoms with E-state index in [9.17, 15) is 28.3 Å². The second-order valence-electron chi connectivity index (χ2n) is 5.29. The number of carbonyl (C=O) groups excluding carboxylic acids is 1. The molecule has 1 heterocycles. The van der Waals surface area contributed by atoms with Gasteiger partial charge in [-0.3, -0.25) is 4.79 Å². The van der Waals surface area contributed by atoms with Gasteiger partial charge in [-0.2, -0.15) is 18.4 Å². The molecule has 1 aromatic carbocycles. The number of hydrogen-bond donors (Lipinski definition) is 2. The monoisotopic (exact) mass is 369 g/mol. The summed E-state index contributed by atoms with van der Waals surface area (Å²) in [7, 11) is 1.06. The number of aliphatic hydroxyl groups is 1. The van der Waals surface area contributed by atoms with E-state index in [4.69, 9.17) is 9.26 Å². The second kappa shape index (κ2) is 7.45. The molecule has 7 nitrogen and oxygen atoms in total. The Labute approximate surface area is 146 Å². The van der Waals surface area contributed by atoms with Gasteiger partial charge in [0.15, 0.2) is 5.92 Å². The van der Waals surface area contributed by atoms with E-state index in [1.165, 1.54) is 13.1 Å². The number of aryl methyl sites for hydroxylation is 1. The molecule has 10 heteroatoms. The molecule has 0 aliphatic heterocycles. The van der Waals surface area contributed by atoms with Crippen molar-refractivity contribution in [2.75, 3.05) is 12.4 Å². The van der Waals surface area contributed by atoms with E-state index in [0.717, 1.165) is 25.3 Å². The lowest BCUT2D eigenvalue weighted by Gasteiger charge is -2.17. The van der Waals surface area contributed by atoms with Gasteiger partial charge in [-0.15, -0.1) is 0 Å². The Morgan fingerprint density at radius 2 is 2.15 bits per heavy atom. The zero-order valence-electron chi connectivity index (χ0n) is 13.7. The summed E-state index contributed by atoms with van der Waals surface area (Å²) in [6.07, 6.45) is -4.95. The maximum Gasteiger partial charge on any atom is 0.419 e. The number of nitrogens with one attached hydrogen (secondary N) is 1. The minimum Gasteiger partial charge on any atom is -0.496 e. The van der Waals surface area contributed by atoms with Gasteiger partial charge in [-0.05, 0) is 19.1 Å². The number of anilines is 1. The normalized spacial score (nSPS) is 13.6. The summed E-state index contributed by atoms with van der Waals surface area (Å²) in [4.78, 5) is 12.3. The van der Waals surface area contributed by atoms with Crippen LogP contribution in [0.2, 0.25) is 0 Å². The summed E-state index contributed by atoms with van der Waals surface area (Å²) in [5.41, 5.74) is -0.860. The molecule has 0 fully saturated rings. The fraction of sp³-hybridized carbons (Fsp3) is 0.312. The second-order valence-corrected chi connectivity index (χ2v) is 5.29. The van der Waals surface area contributed by atoms with Crippen LogP contribution >= 0.6 is 0 Å². The molecule has 0 saturated heterocycles. The van der Waals surface area contributed by atoms with Crippen LogP contribution in [-0.2, 0) is 11.0 Å². The number of nitrogens with zero attached hydrogens (tertiary/aromatic N) is 2. The number of alkyl halides is 3. The van der Waals surface area contributed by atoms with Crippen LogP contribution in [0, 0.1) is 24.2 Å². The number of nitriles is 1. The lowest BCUT2D eigenvalue weighted by Crippen LogP contribution is -2.27. The van der Waals surface area contributed by atoms with Crippen molar-refractivity contribution in [2.45, 2.75) is 19.2 Å². The van der Waals surface area contributed by atoms with Crippen molar-refractivity contribution in [1.29, 1.82) is 5.26 Å². The summed E-state index contributed by atoms with van der Waals surface area (Å²) < 4.78 is 48.0. The number of hydrogen-bond acceptors (Lipinski definition) is 6. The van der Waals surface area contributed by atoms with Gasteiger partial charge in [0.25, 0.3) is 0 Å². The molecule has 2 atom stereocenters. The molecule has 0 spiro atoms. The van der Waals surface area contributed by atoms with Crippen molar-refractivity contribution in [2.24, 2.45) is 5.92 Å². The highest BCUT2D eigenvalue weighted by atomic mass is 19.4. The number of carbonyl (C=O) groups is 1. The summed E-state index contributed by atoms with van der Waals surface area (Å²) in [5.74, 6) is -2.68. The van der Waals surface area contributed by atoms with Crippen LogP contribution in [0.5, 0.6) is 5.75 Å². The zero-order chi connectivity index (χ0) is 19.5. The first kappa shape index (κ1) is 19.3. The molecular weight excluding hydrogens is 355 g/mol. The lowest BCUT2D eigenvalue weighted by atomic mass is 9.97. The van der Waals surface area contributed by atoms with Crippen LogP contribution in [0.25, 0.3) is 0 Å². The Hall–Kier alpha value is -3.06. The van der Waals surface area contributed by atoms with Gasteiger partial charge in [0.05, 0.1) is 24.9 Å². The summed E-state index contributed by atoms with van der Waals surface area (Å²) in [5, 5.41) is 25.1. The Kier molecular flexibility index (Phi) is 5.52. The van der Waals surface area contributed by atoms with Gasteiger partial charge in [-0.25, -0.2) is 0 Å². The zero-order valence-corrected chi connectivity index (χ0v) is 13.7. The predicted molar refractivity (Wildman–Crippen MR) is 81.9 cm³/mol. The molecule has 2 rings (SSSR count). The van der Waals surface area contributed by atoms with Crippen LogP contribution in [0.3, 0.4) is 0 Å². The third-order valence-electron chi connectivity index (χ3n) is 3.62. The van der Waals surface area contributed by atoms with Crippen molar-refractivity contribution in [3.63, 3.8) is 0 Å². The summed E-state index contributed by atoms with van der Waals surface area (Å²) in [6.45, 7) is 1.50. The number of halogens is 3. The lowest BCUT2D eigenvalue weighted by molar-refractivity contribution is -0.138. The van der Waals surface area contributed by atoms with Crippen molar-refractivity contribution in [1.82, 2.24) is 5.16 Å². The van der Waals surface area contributed by atoms with Gasteiger partial charge in [-0.1, -0.05) is 5.16 Å². The van der Waals surface area contributed by atoms with E-state index in [1.54, 1.807) is 6.07 Å². The molecule has 0 bridgehead atoms. The van der Waals surface area contributed by atoms with E-state index in [0.29, 0.717) is 0 Å². The number of benzene rings is 1. The Balaban J connectivity index is 2.23. The number of amides is 1. The predicted octanol–water partition coefficient (Wildman–Crippen LogP) is 2.82. The fourth-order valence-electron chi connectivity index (χ4n) is 2.27. The van der Waals surface area contributed by atoms with E-state index < -0.39 is 35.4 Å². The number of methoxy groups -OCH3 is 1. The molecule has 0 aliphatic carbocycles. The molecular formula is C16H14F3N3O4. The molecule has 2 aromatic rings. The standard InChI is InChI=1S/C16H14F3N3O4/c1-8-11(7-21-26-8)14(23)10(6-20)15(24)22-9-3-4-12(16(17,18)19)13(5-9)25-2/h3-5,7,10,14,23H,1-2H3,(H,22,24). The minimum atomic E-state index is -4.62. The first-order valence-electron chi connectivity index (χ1n) is 7.24. The molecule has 26 heavy (non-hydrogen) atoms. The van der Waals surface area contributed by atoms with Crippen LogP contribution in [0.1, 0.15) is 23.0 Å². The molecule has 1 amide bonds. The molecule has 1 aromatic heterocycles. The van der Waals surface area contributed by atoms with Crippen LogP contribution in [0.4, 0.5) is 18.9 Å². The number of aliphatic hydroxyl groups excluding tert-OH is 1. The highest BCUT2D eigenvalue weighted by molar-refractivity contribution is 5.94. The molecule has 0 radical (unpaired) electrons. The average molecular weight is 369 g/mol.